The van der Waals surface area contributed by atoms with E-state index in [0.29, 0.717) is 36.9 Å². The van der Waals surface area contributed by atoms with Crippen molar-refractivity contribution in [3.8, 4) is 0 Å². The van der Waals surface area contributed by atoms with Crippen LogP contribution in [0.4, 0.5) is 4.79 Å². The molecule has 0 aromatic carbocycles. The van der Waals surface area contributed by atoms with Gasteiger partial charge in [-0.2, -0.15) is 0 Å². The van der Waals surface area contributed by atoms with E-state index in [9.17, 15) is 14.4 Å². The second kappa shape index (κ2) is 8.41. The monoisotopic (exact) mass is 451 g/mol. The first kappa shape index (κ1) is 23.7. The summed E-state index contributed by atoms with van der Waals surface area (Å²) in [5, 5.41) is 0. The molecule has 0 heterocycles. The van der Waals surface area contributed by atoms with E-state index < -0.39 is 5.60 Å². The molecular weight excluding hydrogens is 414 g/mol. The summed E-state index contributed by atoms with van der Waals surface area (Å²) < 4.78 is 6.38. The van der Waals surface area contributed by atoms with Crippen LogP contribution in [-0.2, 0) is 14.3 Å². The Balaban J connectivity index is 1.64. The number of carbonyl (C=O) groups excluding carboxylic acids is 3. The van der Waals surface area contributed by atoms with Gasteiger partial charge in [-0.1, -0.05) is 39.0 Å². The van der Waals surface area contributed by atoms with Crippen LogP contribution in [0.3, 0.4) is 0 Å². The van der Waals surface area contributed by atoms with E-state index in [0.717, 1.165) is 32.1 Å². The van der Waals surface area contributed by atoms with Gasteiger partial charge in [0.1, 0.15) is 5.60 Å². The van der Waals surface area contributed by atoms with Crippen LogP contribution < -0.4 is 0 Å². The molecule has 0 saturated heterocycles. The van der Waals surface area contributed by atoms with Gasteiger partial charge in [0.15, 0.2) is 11.6 Å². The van der Waals surface area contributed by atoms with Crippen LogP contribution in [0.15, 0.2) is 49.1 Å². The zero-order chi connectivity index (χ0) is 24.0. The van der Waals surface area contributed by atoms with Crippen LogP contribution >= 0.6 is 0 Å². The number of hydrogen-bond donors (Lipinski definition) is 0. The maximum Gasteiger partial charge on any atom is 0.410 e. The lowest BCUT2D eigenvalue weighted by Crippen LogP contribution is -2.57. The minimum atomic E-state index is -0.543. The number of nitrogens with zero attached hydrogens (tertiary/aromatic N) is 1. The van der Waals surface area contributed by atoms with E-state index in [1.807, 2.05) is 6.08 Å². The fourth-order valence-electron chi connectivity index (χ4n) is 7.72. The summed E-state index contributed by atoms with van der Waals surface area (Å²) >= 11 is 0. The molecule has 0 bridgehead atoms. The van der Waals surface area contributed by atoms with Crippen LogP contribution in [0.25, 0.3) is 0 Å². The van der Waals surface area contributed by atoms with Gasteiger partial charge in [0.05, 0.1) is 0 Å². The first-order valence-electron chi connectivity index (χ1n) is 12.3. The Kier molecular flexibility index (Phi) is 6.05. The average molecular weight is 452 g/mol. The lowest BCUT2D eigenvalue weighted by Gasteiger charge is -2.58. The van der Waals surface area contributed by atoms with Crippen LogP contribution in [0.1, 0.15) is 59.3 Å². The third-order valence-electron chi connectivity index (χ3n) is 9.49. The van der Waals surface area contributed by atoms with Crippen molar-refractivity contribution in [1.29, 1.82) is 0 Å². The number of ketones is 2. The zero-order valence-electron chi connectivity index (χ0n) is 20.3. The van der Waals surface area contributed by atoms with Crippen molar-refractivity contribution in [3.05, 3.63) is 49.1 Å². The van der Waals surface area contributed by atoms with E-state index in [2.05, 4.69) is 33.9 Å². The highest BCUT2D eigenvalue weighted by molar-refractivity contribution is 6.10. The van der Waals surface area contributed by atoms with Crippen LogP contribution in [-0.4, -0.2) is 41.3 Å². The van der Waals surface area contributed by atoms with E-state index in [4.69, 9.17) is 4.74 Å². The number of rotatable bonds is 6. The Bertz CT molecular complexity index is 938. The van der Waals surface area contributed by atoms with Gasteiger partial charge in [0.2, 0.25) is 0 Å². The smallest absolute Gasteiger partial charge is 0.410 e. The fraction of sp³-hybridized carbons (Fsp3) is 0.607. The molecule has 3 saturated carbocycles. The lowest BCUT2D eigenvalue weighted by molar-refractivity contribution is -0.142. The van der Waals surface area contributed by atoms with Crippen molar-refractivity contribution >= 4 is 17.7 Å². The highest BCUT2D eigenvalue weighted by Gasteiger charge is 2.66. The normalized spacial score (nSPS) is 39.1. The largest absolute Gasteiger partial charge is 0.442 e. The average Bonchev–Trinajstić information content (AvgIpc) is 3.07. The van der Waals surface area contributed by atoms with Gasteiger partial charge in [-0.25, -0.2) is 4.79 Å². The topological polar surface area (TPSA) is 63.7 Å². The Labute approximate surface area is 197 Å². The molecule has 0 N–H and O–H groups in total. The predicted molar refractivity (Wildman–Crippen MR) is 128 cm³/mol. The molecule has 33 heavy (non-hydrogen) atoms. The SMILES string of the molecule is C=CCN(CC=C)C(=O)O[C@@]1(CC)CCC2C3CC(=O)C4=CC(=O)C=C[C@]4(C)C3CC[C@@]21C. The van der Waals surface area contributed by atoms with Gasteiger partial charge >= 0.3 is 6.09 Å². The molecule has 0 aliphatic heterocycles. The number of carbonyl (C=O) groups is 3. The lowest BCUT2D eigenvalue weighted by atomic mass is 9.47. The molecule has 178 valence electrons. The van der Waals surface area contributed by atoms with Crippen molar-refractivity contribution in [2.24, 2.45) is 28.6 Å². The third-order valence-corrected chi connectivity index (χ3v) is 9.49. The van der Waals surface area contributed by atoms with Crippen LogP contribution in [0, 0.1) is 28.6 Å². The Morgan fingerprint density at radius 1 is 1.15 bits per heavy atom. The molecule has 5 heteroatoms. The van der Waals surface area contributed by atoms with Crippen molar-refractivity contribution in [2.45, 2.75) is 64.9 Å². The minimum absolute atomic E-state index is 0.0868. The molecule has 6 atom stereocenters. The molecule has 0 spiro atoms. The highest BCUT2D eigenvalue weighted by Crippen LogP contribution is 2.67. The summed E-state index contributed by atoms with van der Waals surface area (Å²) in [6, 6.07) is 0. The minimum Gasteiger partial charge on any atom is -0.442 e. The fourth-order valence-corrected chi connectivity index (χ4v) is 7.72. The summed E-state index contributed by atoms with van der Waals surface area (Å²) in [6.07, 6.45) is 13.2. The number of ether oxygens (including phenoxy) is 1. The van der Waals surface area contributed by atoms with Crippen molar-refractivity contribution in [2.75, 3.05) is 13.1 Å². The Morgan fingerprint density at radius 2 is 1.82 bits per heavy atom. The molecule has 0 aromatic rings. The molecule has 3 fully saturated rings. The van der Waals surface area contributed by atoms with Crippen molar-refractivity contribution in [1.82, 2.24) is 4.90 Å². The van der Waals surface area contributed by atoms with Gasteiger partial charge in [-0.05, 0) is 62.0 Å². The molecule has 4 aliphatic rings. The Morgan fingerprint density at radius 3 is 2.45 bits per heavy atom. The second-order valence-electron chi connectivity index (χ2n) is 10.8. The molecule has 4 rings (SSSR count). The van der Waals surface area contributed by atoms with Crippen LogP contribution in [0.5, 0.6) is 0 Å². The zero-order valence-corrected chi connectivity index (χ0v) is 20.3. The first-order valence-corrected chi connectivity index (χ1v) is 12.3. The molecule has 1 amide bonds. The quantitative estimate of drug-likeness (QED) is 0.505. The summed E-state index contributed by atoms with van der Waals surface area (Å²) in [7, 11) is 0. The van der Waals surface area contributed by atoms with E-state index >= 15 is 0 Å². The molecule has 0 radical (unpaired) electrons. The number of fused-ring (bicyclic) bond motifs is 5. The molecular formula is C28H37NO4. The summed E-state index contributed by atoms with van der Waals surface area (Å²) in [5.41, 5.74) is -0.415. The van der Waals surface area contributed by atoms with Crippen molar-refractivity contribution in [3.63, 3.8) is 0 Å². The maximum atomic E-state index is 13.2. The van der Waals surface area contributed by atoms with Gasteiger partial charge < -0.3 is 9.64 Å². The van der Waals surface area contributed by atoms with E-state index in [1.54, 1.807) is 29.2 Å². The van der Waals surface area contributed by atoms with E-state index in [-0.39, 0.29) is 34.4 Å². The van der Waals surface area contributed by atoms with Gasteiger partial charge in [0, 0.05) is 35.9 Å². The predicted octanol–water partition coefficient (Wildman–Crippen LogP) is 5.43. The van der Waals surface area contributed by atoms with Crippen molar-refractivity contribution < 1.29 is 19.1 Å². The maximum absolute atomic E-state index is 13.2. The first-order chi connectivity index (χ1) is 15.7. The molecule has 3 unspecified atom stereocenters. The summed E-state index contributed by atoms with van der Waals surface area (Å²) in [4.78, 5) is 40.0. The van der Waals surface area contributed by atoms with Gasteiger partial charge in [-0.3, -0.25) is 9.59 Å². The molecule has 0 aromatic heterocycles. The number of amides is 1. The Hall–Kier alpha value is -2.43. The van der Waals surface area contributed by atoms with E-state index in [1.165, 1.54) is 0 Å². The molecule has 5 nitrogen and oxygen atoms in total. The highest BCUT2D eigenvalue weighted by atomic mass is 16.6. The number of Topliss-reactive ketones (excluding diaryl/α,β-unsaturated/α-hetero) is 1. The van der Waals surface area contributed by atoms with Crippen LogP contribution in [0.2, 0.25) is 0 Å². The summed E-state index contributed by atoms with van der Waals surface area (Å²) in [5.74, 6) is 0.891. The number of allylic oxidation sites excluding steroid dienone is 4. The summed E-state index contributed by atoms with van der Waals surface area (Å²) in [6.45, 7) is 14.9. The van der Waals surface area contributed by atoms with Gasteiger partial charge in [0.25, 0.3) is 0 Å². The molecule has 4 aliphatic carbocycles. The van der Waals surface area contributed by atoms with Gasteiger partial charge in [-0.15, -0.1) is 13.2 Å². The second-order valence-corrected chi connectivity index (χ2v) is 10.8. The standard InChI is InChI=1S/C28H37NO4/c1-6-15-29(16-7-2)25(32)33-28(8-3)14-11-22-20-18-24(31)23-17-19(30)9-12-26(23,4)21(20)10-13-27(22,28)5/h6-7,9,12,17,20-22H,1-2,8,10-11,13-16,18H2,3-5H3/t20?,21?,22?,26-,27+,28+/m1/s1. The number of hydrogen-bond acceptors (Lipinski definition) is 4. The third kappa shape index (κ3) is 3.46.